The van der Waals surface area contributed by atoms with E-state index < -0.39 is 11.4 Å². The molecular formula is C20H17ClF2N2OS. The molecule has 2 aromatic rings. The molecule has 1 aromatic heterocycles. The Bertz CT molecular complexity index is 932. The van der Waals surface area contributed by atoms with E-state index in [2.05, 4.69) is 4.98 Å². The highest BCUT2D eigenvalue weighted by atomic mass is 35.5. The second-order valence-corrected chi connectivity index (χ2v) is 8.32. The molecule has 0 bridgehead atoms. The molecule has 2 atom stereocenters. The lowest BCUT2D eigenvalue weighted by Crippen LogP contribution is -2.38. The van der Waals surface area contributed by atoms with Crippen molar-refractivity contribution in [2.24, 2.45) is 10.9 Å². The maximum atomic E-state index is 14.7. The number of aromatic nitrogens is 1. The first-order valence-corrected chi connectivity index (χ1v) is 9.90. The van der Waals surface area contributed by atoms with E-state index in [-0.39, 0.29) is 17.4 Å². The summed E-state index contributed by atoms with van der Waals surface area (Å²) in [5.74, 6) is 0.0661. The number of ether oxygens (including phenoxy) is 1. The summed E-state index contributed by atoms with van der Waals surface area (Å²) in [6, 6.07) is 7.65. The van der Waals surface area contributed by atoms with Gasteiger partial charge in [-0.25, -0.2) is 8.78 Å². The Hall–Kier alpha value is -1.76. The Balaban J connectivity index is 1.75. The first-order valence-electron chi connectivity index (χ1n) is 8.54. The third-order valence-electron chi connectivity index (χ3n) is 4.89. The molecule has 27 heavy (non-hydrogen) atoms. The van der Waals surface area contributed by atoms with Gasteiger partial charge in [-0.2, -0.15) is 0 Å². The van der Waals surface area contributed by atoms with Crippen molar-refractivity contribution in [3.63, 3.8) is 0 Å². The SMILES string of the molecule is CC1=N[C@]2(c3cc(/C=C(\F)c4ccc(Cl)cn4)ccc3F)COC[C@@H]2CS1. The van der Waals surface area contributed by atoms with Crippen LogP contribution in [0.15, 0.2) is 41.5 Å². The summed E-state index contributed by atoms with van der Waals surface area (Å²) in [6.07, 6.45) is 2.73. The molecule has 4 rings (SSSR count). The van der Waals surface area contributed by atoms with Gasteiger partial charge in [0.1, 0.15) is 17.2 Å². The quantitative estimate of drug-likeness (QED) is 0.689. The van der Waals surface area contributed by atoms with Crippen LogP contribution in [-0.4, -0.2) is 29.0 Å². The number of aliphatic imine (C=N–C) groups is 1. The molecule has 1 fully saturated rings. The summed E-state index contributed by atoms with van der Waals surface area (Å²) in [7, 11) is 0. The van der Waals surface area contributed by atoms with Crippen molar-refractivity contribution in [2.45, 2.75) is 12.5 Å². The minimum atomic E-state index is -0.738. The molecular weight excluding hydrogens is 390 g/mol. The lowest BCUT2D eigenvalue weighted by molar-refractivity contribution is 0.176. The highest BCUT2D eigenvalue weighted by Gasteiger charge is 2.49. The second-order valence-electron chi connectivity index (χ2n) is 6.67. The van der Waals surface area contributed by atoms with Crippen molar-refractivity contribution in [1.82, 2.24) is 4.98 Å². The third-order valence-corrected chi connectivity index (χ3v) is 6.19. The van der Waals surface area contributed by atoms with Crippen LogP contribution >= 0.6 is 23.4 Å². The van der Waals surface area contributed by atoms with Gasteiger partial charge in [0.05, 0.1) is 29.0 Å². The van der Waals surface area contributed by atoms with Gasteiger partial charge in [0.2, 0.25) is 0 Å². The van der Waals surface area contributed by atoms with Crippen LogP contribution in [0.1, 0.15) is 23.7 Å². The van der Waals surface area contributed by atoms with Crippen LogP contribution in [0, 0.1) is 11.7 Å². The molecule has 2 aliphatic rings. The monoisotopic (exact) mass is 406 g/mol. The zero-order chi connectivity index (χ0) is 19.0. The predicted molar refractivity (Wildman–Crippen MR) is 106 cm³/mol. The number of rotatable bonds is 3. The van der Waals surface area contributed by atoms with Crippen LogP contribution in [0.3, 0.4) is 0 Å². The van der Waals surface area contributed by atoms with E-state index in [9.17, 15) is 8.78 Å². The summed E-state index contributed by atoms with van der Waals surface area (Å²) in [5.41, 5.74) is 0.439. The molecule has 3 heterocycles. The minimum Gasteiger partial charge on any atom is -0.378 e. The van der Waals surface area contributed by atoms with Crippen LogP contribution in [-0.2, 0) is 10.3 Å². The highest BCUT2D eigenvalue weighted by Crippen LogP contribution is 2.46. The lowest BCUT2D eigenvalue weighted by Gasteiger charge is -2.34. The van der Waals surface area contributed by atoms with E-state index in [4.69, 9.17) is 21.3 Å². The Morgan fingerprint density at radius 2 is 2.22 bits per heavy atom. The number of pyridine rings is 1. The van der Waals surface area contributed by atoms with Crippen LogP contribution in [0.25, 0.3) is 11.9 Å². The summed E-state index contributed by atoms with van der Waals surface area (Å²) in [5, 5.41) is 1.35. The topological polar surface area (TPSA) is 34.5 Å². The fourth-order valence-electron chi connectivity index (χ4n) is 3.52. The normalized spacial score (nSPS) is 25.3. The summed E-state index contributed by atoms with van der Waals surface area (Å²) in [6.45, 7) is 2.81. The Morgan fingerprint density at radius 3 is 3.00 bits per heavy atom. The van der Waals surface area contributed by atoms with Gasteiger partial charge in [-0.3, -0.25) is 9.98 Å². The molecule has 0 aliphatic carbocycles. The third kappa shape index (κ3) is 3.53. The average Bonchev–Trinajstić information content (AvgIpc) is 3.07. The molecule has 3 nitrogen and oxygen atoms in total. The summed E-state index contributed by atoms with van der Waals surface area (Å²) in [4.78, 5) is 8.74. The fourth-order valence-corrected chi connectivity index (χ4v) is 4.67. The summed E-state index contributed by atoms with van der Waals surface area (Å²) < 4.78 is 35.0. The zero-order valence-corrected chi connectivity index (χ0v) is 16.2. The van der Waals surface area contributed by atoms with Crippen LogP contribution in [0.5, 0.6) is 0 Å². The fraction of sp³-hybridized carbons (Fsp3) is 0.300. The maximum absolute atomic E-state index is 14.7. The first-order chi connectivity index (χ1) is 13.0. The van der Waals surface area contributed by atoms with Gasteiger partial charge < -0.3 is 4.74 Å². The Labute approximate surface area is 165 Å². The van der Waals surface area contributed by atoms with Gasteiger partial charge in [-0.1, -0.05) is 17.7 Å². The molecule has 2 aliphatic heterocycles. The van der Waals surface area contributed by atoms with Crippen LogP contribution < -0.4 is 0 Å². The molecule has 7 heteroatoms. The van der Waals surface area contributed by atoms with Gasteiger partial charge in [-0.05, 0) is 42.8 Å². The molecule has 0 amide bonds. The zero-order valence-electron chi connectivity index (χ0n) is 14.6. The van der Waals surface area contributed by atoms with Crippen molar-refractivity contribution in [3.8, 4) is 0 Å². The molecule has 1 aromatic carbocycles. The minimum absolute atomic E-state index is 0.0997. The molecule has 0 N–H and O–H groups in total. The standard InChI is InChI=1S/C20H17ClF2N2OS/c1-12-25-20(11-26-9-14(20)10-27-12)16-6-13(2-4-17(16)22)7-18(23)19-5-3-15(21)8-24-19/h2-8,14H,9-11H2,1H3/b18-7-/t14-,20-/m1/s1. The van der Waals surface area contributed by atoms with E-state index in [1.807, 2.05) is 6.92 Å². The molecule has 140 valence electrons. The number of nitrogens with zero attached hydrogens (tertiary/aromatic N) is 2. The maximum Gasteiger partial charge on any atom is 0.149 e. The first kappa shape index (κ1) is 18.6. The van der Waals surface area contributed by atoms with E-state index in [0.29, 0.717) is 29.4 Å². The number of halogens is 3. The predicted octanol–water partition coefficient (Wildman–Crippen LogP) is 5.35. The van der Waals surface area contributed by atoms with E-state index >= 15 is 0 Å². The van der Waals surface area contributed by atoms with Gasteiger partial charge in [0.15, 0.2) is 0 Å². The summed E-state index contributed by atoms with van der Waals surface area (Å²) >= 11 is 7.45. The molecule has 0 spiro atoms. The van der Waals surface area contributed by atoms with Gasteiger partial charge in [0, 0.05) is 23.4 Å². The van der Waals surface area contributed by atoms with Gasteiger partial charge in [-0.15, -0.1) is 11.8 Å². The average molecular weight is 407 g/mol. The number of thioether (sulfide) groups is 1. The Kier molecular flexibility index (Phi) is 5.05. The smallest absolute Gasteiger partial charge is 0.149 e. The van der Waals surface area contributed by atoms with Gasteiger partial charge >= 0.3 is 0 Å². The molecule has 0 saturated carbocycles. The van der Waals surface area contributed by atoms with E-state index in [1.165, 1.54) is 24.4 Å². The van der Waals surface area contributed by atoms with Crippen molar-refractivity contribution in [1.29, 1.82) is 0 Å². The highest BCUT2D eigenvalue weighted by molar-refractivity contribution is 8.13. The van der Waals surface area contributed by atoms with Crippen molar-refractivity contribution >= 4 is 40.3 Å². The Morgan fingerprint density at radius 1 is 1.37 bits per heavy atom. The molecule has 0 radical (unpaired) electrons. The number of hydrogen-bond donors (Lipinski definition) is 0. The van der Waals surface area contributed by atoms with Crippen molar-refractivity contribution < 1.29 is 13.5 Å². The second kappa shape index (κ2) is 7.34. The van der Waals surface area contributed by atoms with Crippen LogP contribution in [0.2, 0.25) is 5.02 Å². The van der Waals surface area contributed by atoms with Crippen molar-refractivity contribution in [2.75, 3.05) is 19.0 Å². The largest absolute Gasteiger partial charge is 0.378 e. The lowest BCUT2D eigenvalue weighted by atomic mass is 9.81. The molecule has 1 saturated heterocycles. The van der Waals surface area contributed by atoms with Crippen molar-refractivity contribution in [3.05, 3.63) is 64.2 Å². The van der Waals surface area contributed by atoms with Gasteiger partial charge in [0.25, 0.3) is 0 Å². The number of hydrogen-bond acceptors (Lipinski definition) is 4. The molecule has 0 unspecified atom stereocenters. The number of benzene rings is 1. The van der Waals surface area contributed by atoms with E-state index in [1.54, 1.807) is 30.0 Å². The van der Waals surface area contributed by atoms with E-state index in [0.717, 1.165) is 10.8 Å². The number of fused-ring (bicyclic) bond motifs is 1. The van der Waals surface area contributed by atoms with Crippen LogP contribution in [0.4, 0.5) is 8.78 Å².